The van der Waals surface area contributed by atoms with E-state index in [1.165, 1.54) is 11.8 Å². The van der Waals surface area contributed by atoms with Crippen LogP contribution in [-0.4, -0.2) is 16.0 Å². The number of hydrogen-bond donors (Lipinski definition) is 0. The van der Waals surface area contributed by atoms with Crippen molar-refractivity contribution in [3.63, 3.8) is 0 Å². The van der Waals surface area contributed by atoms with E-state index in [9.17, 15) is 4.79 Å². The van der Waals surface area contributed by atoms with Crippen LogP contribution in [0.3, 0.4) is 0 Å². The second kappa shape index (κ2) is 8.75. The quantitative estimate of drug-likeness (QED) is 0.323. The van der Waals surface area contributed by atoms with Crippen molar-refractivity contribution in [1.29, 1.82) is 0 Å². The van der Waals surface area contributed by atoms with Gasteiger partial charge in [0.25, 0.3) is 5.91 Å². The Kier molecular flexibility index (Phi) is 5.92. The first-order valence-corrected chi connectivity index (χ1v) is 10.7. The summed E-state index contributed by atoms with van der Waals surface area (Å²) < 4.78 is 1.11. The van der Waals surface area contributed by atoms with Crippen molar-refractivity contribution in [2.75, 3.05) is 0 Å². The molecule has 0 bridgehead atoms. The topological polar surface area (TPSA) is 32.7 Å². The van der Waals surface area contributed by atoms with Gasteiger partial charge in [-0.2, -0.15) is 0 Å². The molecule has 0 radical (unpaired) electrons. The van der Waals surface area contributed by atoms with Gasteiger partial charge < -0.3 is 0 Å². The Balaban J connectivity index is 1.71. The van der Waals surface area contributed by atoms with E-state index in [-0.39, 0.29) is 5.91 Å². The molecule has 0 saturated carbocycles. The molecular formula is C23H17IN2OS. The van der Waals surface area contributed by atoms with Crippen molar-refractivity contribution in [2.24, 2.45) is 4.99 Å². The lowest BCUT2D eigenvalue weighted by Crippen LogP contribution is -2.28. The average molecular weight is 496 g/mol. The van der Waals surface area contributed by atoms with Gasteiger partial charge in [-0.05, 0) is 69.8 Å². The number of amides is 1. The van der Waals surface area contributed by atoms with Crippen molar-refractivity contribution in [1.82, 2.24) is 4.90 Å². The zero-order valence-corrected chi connectivity index (χ0v) is 17.9. The summed E-state index contributed by atoms with van der Waals surface area (Å²) in [6, 6.07) is 27.8. The molecule has 138 valence electrons. The van der Waals surface area contributed by atoms with Gasteiger partial charge in [-0.1, -0.05) is 66.7 Å². The third kappa shape index (κ3) is 4.36. The fraction of sp³-hybridized carbons (Fsp3) is 0.0435. The number of para-hydroxylation sites is 1. The van der Waals surface area contributed by atoms with Gasteiger partial charge in [0.05, 0.1) is 17.1 Å². The highest BCUT2D eigenvalue weighted by atomic mass is 127. The Labute approximate surface area is 182 Å². The molecule has 5 heteroatoms. The number of carbonyl (C=O) groups excluding carboxylic acids is 1. The van der Waals surface area contributed by atoms with Gasteiger partial charge in [-0.15, -0.1) is 0 Å². The van der Waals surface area contributed by atoms with Crippen LogP contribution < -0.4 is 0 Å². The molecule has 1 aliphatic rings. The molecule has 0 atom stereocenters. The summed E-state index contributed by atoms with van der Waals surface area (Å²) in [7, 11) is 0. The molecule has 4 rings (SSSR count). The molecule has 0 N–H and O–H groups in total. The van der Waals surface area contributed by atoms with Crippen LogP contribution in [0.15, 0.2) is 94.8 Å². The lowest BCUT2D eigenvalue weighted by atomic mass is 10.2. The normalized spacial score (nSPS) is 16.9. The van der Waals surface area contributed by atoms with E-state index in [1.54, 1.807) is 4.90 Å². The molecule has 3 nitrogen and oxygen atoms in total. The van der Waals surface area contributed by atoms with Gasteiger partial charge in [0, 0.05) is 3.57 Å². The number of nitrogens with zero attached hydrogens (tertiary/aromatic N) is 2. The first-order valence-electron chi connectivity index (χ1n) is 8.84. The Morgan fingerprint density at radius 3 is 2.25 bits per heavy atom. The molecule has 3 aromatic carbocycles. The number of hydrogen-bond acceptors (Lipinski definition) is 3. The summed E-state index contributed by atoms with van der Waals surface area (Å²) in [6.45, 7) is 0.502. The predicted molar refractivity (Wildman–Crippen MR) is 125 cm³/mol. The highest BCUT2D eigenvalue weighted by Crippen LogP contribution is 2.35. The van der Waals surface area contributed by atoms with Gasteiger partial charge in [-0.25, -0.2) is 4.99 Å². The zero-order valence-electron chi connectivity index (χ0n) is 15.0. The number of thioether (sulfide) groups is 1. The maximum Gasteiger partial charge on any atom is 0.267 e. The molecule has 0 aromatic heterocycles. The van der Waals surface area contributed by atoms with E-state index < -0.39 is 0 Å². The van der Waals surface area contributed by atoms with Crippen LogP contribution >= 0.6 is 34.4 Å². The van der Waals surface area contributed by atoms with Crippen molar-refractivity contribution in [2.45, 2.75) is 6.54 Å². The van der Waals surface area contributed by atoms with E-state index >= 15 is 0 Å². The molecule has 3 aromatic rings. The van der Waals surface area contributed by atoms with Crippen LogP contribution in [0.1, 0.15) is 11.1 Å². The van der Waals surface area contributed by atoms with Gasteiger partial charge in [-0.3, -0.25) is 9.69 Å². The van der Waals surface area contributed by atoms with Crippen LogP contribution in [-0.2, 0) is 11.3 Å². The van der Waals surface area contributed by atoms with E-state index in [4.69, 9.17) is 4.99 Å². The molecule has 1 aliphatic heterocycles. The van der Waals surface area contributed by atoms with Crippen LogP contribution in [0, 0.1) is 3.57 Å². The lowest BCUT2D eigenvalue weighted by molar-refractivity contribution is -0.122. The van der Waals surface area contributed by atoms with E-state index in [0.29, 0.717) is 16.6 Å². The highest BCUT2D eigenvalue weighted by molar-refractivity contribution is 14.1. The monoisotopic (exact) mass is 496 g/mol. The molecule has 28 heavy (non-hydrogen) atoms. The number of carbonyl (C=O) groups is 1. The fourth-order valence-corrected chi connectivity index (χ4v) is 4.38. The Morgan fingerprint density at radius 1 is 0.893 bits per heavy atom. The molecule has 0 unspecified atom stereocenters. The minimum Gasteiger partial charge on any atom is -0.282 e. The van der Waals surface area contributed by atoms with Gasteiger partial charge in [0.15, 0.2) is 5.17 Å². The summed E-state index contributed by atoms with van der Waals surface area (Å²) in [6.07, 6.45) is 1.96. The van der Waals surface area contributed by atoms with Crippen molar-refractivity contribution in [3.8, 4) is 0 Å². The second-order valence-corrected chi connectivity index (χ2v) is 8.41. The smallest absolute Gasteiger partial charge is 0.267 e. The SMILES string of the molecule is O=C1/C(=C/c2ccccc2I)SC(=Nc2ccccc2)N1Cc1ccccc1. The molecule has 1 heterocycles. The molecular weight excluding hydrogens is 479 g/mol. The van der Waals surface area contributed by atoms with Crippen LogP contribution in [0.25, 0.3) is 6.08 Å². The van der Waals surface area contributed by atoms with Crippen molar-refractivity contribution < 1.29 is 4.79 Å². The number of rotatable bonds is 4. The van der Waals surface area contributed by atoms with Gasteiger partial charge >= 0.3 is 0 Å². The minimum atomic E-state index is -0.0109. The minimum absolute atomic E-state index is 0.0109. The van der Waals surface area contributed by atoms with Crippen molar-refractivity contribution in [3.05, 3.63) is 105 Å². The standard InChI is InChI=1S/C23H17IN2OS/c24-20-14-8-7-11-18(20)15-21-22(27)26(16-17-9-3-1-4-10-17)23(28-21)25-19-12-5-2-6-13-19/h1-15H,16H2/b21-15-,25-23?. The first-order chi connectivity index (χ1) is 13.7. The van der Waals surface area contributed by atoms with Gasteiger partial charge in [0.1, 0.15) is 0 Å². The maximum atomic E-state index is 13.2. The molecule has 1 saturated heterocycles. The van der Waals surface area contributed by atoms with Crippen LogP contribution in [0.4, 0.5) is 5.69 Å². The number of amidine groups is 1. The highest BCUT2D eigenvalue weighted by Gasteiger charge is 2.33. The van der Waals surface area contributed by atoms with Crippen molar-refractivity contribution >= 4 is 57.2 Å². The summed E-state index contributed by atoms with van der Waals surface area (Å²) in [5.74, 6) is -0.0109. The third-order valence-corrected chi connectivity index (χ3v) is 6.23. The first kappa shape index (κ1) is 19.0. The predicted octanol–water partition coefficient (Wildman–Crippen LogP) is 6.10. The van der Waals surface area contributed by atoms with E-state index in [2.05, 4.69) is 22.6 Å². The summed E-state index contributed by atoms with van der Waals surface area (Å²) in [4.78, 5) is 20.4. The second-order valence-electron chi connectivity index (χ2n) is 6.24. The van der Waals surface area contributed by atoms with Crippen LogP contribution in [0.2, 0.25) is 0 Å². The molecule has 0 spiro atoms. The number of halogens is 1. The Morgan fingerprint density at radius 2 is 1.54 bits per heavy atom. The summed E-state index contributed by atoms with van der Waals surface area (Å²) >= 11 is 3.72. The molecule has 0 aliphatic carbocycles. The Bertz CT molecular complexity index is 1050. The lowest BCUT2D eigenvalue weighted by Gasteiger charge is -2.15. The van der Waals surface area contributed by atoms with E-state index in [1.807, 2.05) is 91.0 Å². The fourth-order valence-electron chi connectivity index (χ4n) is 2.84. The van der Waals surface area contributed by atoms with Crippen LogP contribution in [0.5, 0.6) is 0 Å². The number of benzene rings is 3. The summed E-state index contributed by atoms with van der Waals surface area (Å²) in [5, 5.41) is 0.706. The Hall–Kier alpha value is -2.38. The van der Waals surface area contributed by atoms with E-state index in [0.717, 1.165) is 20.4 Å². The maximum absolute atomic E-state index is 13.2. The molecule has 1 amide bonds. The average Bonchev–Trinajstić information content (AvgIpc) is 3.00. The number of aliphatic imine (C=N–C) groups is 1. The largest absolute Gasteiger partial charge is 0.282 e. The molecule has 1 fully saturated rings. The third-order valence-electron chi connectivity index (χ3n) is 4.24. The summed E-state index contributed by atoms with van der Waals surface area (Å²) in [5.41, 5.74) is 2.96. The zero-order chi connectivity index (χ0) is 19.3. The van der Waals surface area contributed by atoms with Gasteiger partial charge in [0.2, 0.25) is 0 Å².